The zero-order valence-corrected chi connectivity index (χ0v) is 14.7. The van der Waals surface area contributed by atoms with Crippen LogP contribution >= 0.6 is 0 Å². The average Bonchev–Trinajstić information content (AvgIpc) is 2.64. The summed E-state index contributed by atoms with van der Waals surface area (Å²) < 4.78 is 10.9. The van der Waals surface area contributed by atoms with E-state index in [4.69, 9.17) is 9.47 Å². The van der Waals surface area contributed by atoms with Gasteiger partial charge in [0.2, 0.25) is 6.10 Å². The summed E-state index contributed by atoms with van der Waals surface area (Å²) in [5.41, 5.74) is 0.666. The summed E-state index contributed by atoms with van der Waals surface area (Å²) in [5.74, 6) is 0.779. The Morgan fingerprint density at radius 3 is 2.31 bits per heavy atom. The maximum absolute atomic E-state index is 12.7. The highest BCUT2D eigenvalue weighted by Gasteiger charge is 2.53. The third-order valence-electron chi connectivity index (χ3n) is 4.34. The Hall–Kier alpha value is -2.86. The average molecular weight is 355 g/mol. The molecule has 1 N–H and O–H groups in total. The predicted octanol–water partition coefficient (Wildman–Crippen LogP) is 2.20. The summed E-state index contributed by atoms with van der Waals surface area (Å²) in [6, 6.07) is 15.3. The third kappa shape index (κ3) is 3.55. The van der Waals surface area contributed by atoms with Gasteiger partial charge in [0, 0.05) is 12.1 Å². The van der Waals surface area contributed by atoms with Gasteiger partial charge in [-0.15, -0.1) is 0 Å². The van der Waals surface area contributed by atoms with Gasteiger partial charge in [-0.1, -0.05) is 18.2 Å². The summed E-state index contributed by atoms with van der Waals surface area (Å²) in [6.07, 6.45) is -1.89. The number of anilines is 1. The molecule has 1 aliphatic rings. The topological polar surface area (TPSA) is 76.1 Å². The molecule has 1 saturated heterocycles. The van der Waals surface area contributed by atoms with Crippen molar-refractivity contribution in [3.63, 3.8) is 0 Å². The molecule has 1 amide bonds. The number of ketones is 1. The van der Waals surface area contributed by atoms with Crippen molar-refractivity contribution in [2.45, 2.75) is 31.6 Å². The van der Waals surface area contributed by atoms with Crippen molar-refractivity contribution in [3.8, 4) is 11.5 Å². The van der Waals surface area contributed by atoms with Crippen molar-refractivity contribution in [2.75, 3.05) is 12.0 Å². The zero-order valence-electron chi connectivity index (χ0n) is 14.7. The minimum Gasteiger partial charge on any atom is -0.497 e. The van der Waals surface area contributed by atoms with Gasteiger partial charge in [0.25, 0.3) is 5.91 Å². The molecule has 0 radical (unpaired) electrons. The fourth-order valence-electron chi connectivity index (χ4n) is 3.08. The lowest BCUT2D eigenvalue weighted by Crippen LogP contribution is -2.71. The van der Waals surface area contributed by atoms with Crippen LogP contribution in [0.15, 0.2) is 54.6 Å². The Morgan fingerprint density at radius 1 is 1.12 bits per heavy atom. The van der Waals surface area contributed by atoms with Crippen LogP contribution in [0, 0.1) is 0 Å². The molecule has 6 nitrogen and oxygen atoms in total. The fraction of sp³-hybridized carbons (Fsp3) is 0.300. The van der Waals surface area contributed by atoms with Crippen molar-refractivity contribution in [3.05, 3.63) is 54.6 Å². The number of aliphatic hydroxyl groups excluding tert-OH is 1. The molecule has 1 heterocycles. The number of amides is 1. The van der Waals surface area contributed by atoms with Gasteiger partial charge in [-0.2, -0.15) is 0 Å². The number of methoxy groups -OCH3 is 1. The van der Waals surface area contributed by atoms with E-state index in [1.807, 2.05) is 18.2 Å². The molecular weight excluding hydrogens is 334 g/mol. The SMILES string of the molecule is COc1ccc(O[C@H]2C(=O)N(c3ccccc3)[C@H]2[C@H](O)CC(C)=O)cc1. The standard InChI is InChI=1S/C20H21NO5/c1-13(22)12-17(23)18-19(26-16-10-8-15(25-2)9-11-16)20(24)21(18)14-6-4-3-5-7-14/h3-11,17-19,23H,12H2,1-2H3/t17-,18+,19-/m1/s1. The molecule has 0 saturated carbocycles. The quantitative estimate of drug-likeness (QED) is 0.771. The highest BCUT2D eigenvalue weighted by atomic mass is 16.5. The van der Waals surface area contributed by atoms with Crippen molar-refractivity contribution >= 4 is 17.4 Å². The maximum atomic E-state index is 12.7. The van der Waals surface area contributed by atoms with Crippen LogP contribution in [0.3, 0.4) is 0 Å². The monoisotopic (exact) mass is 355 g/mol. The van der Waals surface area contributed by atoms with E-state index in [1.165, 1.54) is 11.8 Å². The van der Waals surface area contributed by atoms with Gasteiger partial charge >= 0.3 is 0 Å². The second-order valence-electron chi connectivity index (χ2n) is 6.22. The zero-order chi connectivity index (χ0) is 18.7. The lowest BCUT2D eigenvalue weighted by atomic mass is 9.89. The van der Waals surface area contributed by atoms with Crippen LogP contribution in [0.1, 0.15) is 13.3 Å². The van der Waals surface area contributed by atoms with Gasteiger partial charge in [-0.05, 0) is 43.3 Å². The first kappa shape index (κ1) is 17.9. The molecule has 0 bridgehead atoms. The number of hydrogen-bond acceptors (Lipinski definition) is 5. The van der Waals surface area contributed by atoms with Crippen molar-refractivity contribution in [1.29, 1.82) is 0 Å². The van der Waals surface area contributed by atoms with Gasteiger partial charge in [0.1, 0.15) is 23.3 Å². The van der Waals surface area contributed by atoms with Crippen LogP contribution in [0.5, 0.6) is 11.5 Å². The lowest BCUT2D eigenvalue weighted by Gasteiger charge is -2.48. The summed E-state index contributed by atoms with van der Waals surface area (Å²) in [5, 5.41) is 10.5. The van der Waals surface area contributed by atoms with Crippen LogP contribution in [0.25, 0.3) is 0 Å². The summed E-state index contributed by atoms with van der Waals surface area (Å²) in [7, 11) is 1.57. The molecule has 1 fully saturated rings. The molecular formula is C20H21NO5. The Morgan fingerprint density at radius 2 is 1.73 bits per heavy atom. The van der Waals surface area contributed by atoms with Crippen LogP contribution in [0.2, 0.25) is 0 Å². The van der Waals surface area contributed by atoms with Crippen molar-refractivity contribution < 1.29 is 24.2 Å². The second-order valence-corrected chi connectivity index (χ2v) is 6.22. The van der Waals surface area contributed by atoms with E-state index in [-0.39, 0.29) is 18.1 Å². The smallest absolute Gasteiger partial charge is 0.270 e. The summed E-state index contributed by atoms with van der Waals surface area (Å²) >= 11 is 0. The number of para-hydroxylation sites is 1. The van der Waals surface area contributed by atoms with Crippen LogP contribution in [-0.2, 0) is 9.59 Å². The number of nitrogens with zero attached hydrogens (tertiary/aromatic N) is 1. The van der Waals surface area contributed by atoms with Gasteiger partial charge in [-0.25, -0.2) is 0 Å². The Bertz CT molecular complexity index is 775. The first-order chi connectivity index (χ1) is 12.5. The molecule has 0 spiro atoms. The molecule has 3 rings (SSSR count). The highest BCUT2D eigenvalue weighted by Crippen LogP contribution is 2.34. The number of β-lactam (4-membered cyclic amide) rings is 1. The molecule has 0 aliphatic carbocycles. The van der Waals surface area contributed by atoms with Gasteiger partial charge in [0.15, 0.2) is 0 Å². The maximum Gasteiger partial charge on any atom is 0.270 e. The van der Waals surface area contributed by atoms with Gasteiger partial charge < -0.3 is 14.6 Å². The Labute approximate surface area is 152 Å². The molecule has 0 aromatic heterocycles. The molecule has 1 aliphatic heterocycles. The van der Waals surface area contributed by atoms with Crippen molar-refractivity contribution in [2.24, 2.45) is 0 Å². The van der Waals surface area contributed by atoms with E-state index in [1.54, 1.807) is 43.5 Å². The number of rotatable bonds is 7. The van der Waals surface area contributed by atoms with E-state index in [9.17, 15) is 14.7 Å². The van der Waals surface area contributed by atoms with Gasteiger partial charge in [0.05, 0.1) is 13.2 Å². The van der Waals surface area contributed by atoms with Crippen LogP contribution in [0.4, 0.5) is 5.69 Å². The predicted molar refractivity (Wildman–Crippen MR) is 96.4 cm³/mol. The molecule has 2 aromatic rings. The normalized spacial score (nSPS) is 20.3. The van der Waals surface area contributed by atoms with E-state index < -0.39 is 18.2 Å². The Kier molecular flexibility index (Phi) is 5.23. The highest BCUT2D eigenvalue weighted by molar-refractivity contribution is 6.05. The summed E-state index contributed by atoms with van der Waals surface area (Å²) in [4.78, 5) is 25.6. The second kappa shape index (κ2) is 7.58. The number of Topliss-reactive ketones (excluding diaryl/α,β-unsaturated/α-hetero) is 1. The van der Waals surface area contributed by atoms with E-state index in [2.05, 4.69) is 0 Å². The number of carbonyl (C=O) groups is 2. The number of carbonyl (C=O) groups excluding carboxylic acids is 2. The molecule has 3 atom stereocenters. The van der Waals surface area contributed by atoms with E-state index >= 15 is 0 Å². The minimum atomic E-state index is -1.01. The fourth-order valence-corrected chi connectivity index (χ4v) is 3.08. The number of benzene rings is 2. The minimum absolute atomic E-state index is 0.0379. The van der Waals surface area contributed by atoms with E-state index in [0.29, 0.717) is 17.2 Å². The molecule has 2 aromatic carbocycles. The first-order valence-electron chi connectivity index (χ1n) is 8.37. The van der Waals surface area contributed by atoms with Gasteiger partial charge in [-0.3, -0.25) is 14.5 Å². The third-order valence-corrected chi connectivity index (χ3v) is 4.34. The van der Waals surface area contributed by atoms with E-state index in [0.717, 1.165) is 0 Å². The number of ether oxygens (including phenoxy) is 2. The van der Waals surface area contributed by atoms with Crippen LogP contribution in [-0.4, -0.2) is 42.2 Å². The summed E-state index contributed by atoms with van der Waals surface area (Å²) in [6.45, 7) is 1.41. The molecule has 0 unspecified atom stereocenters. The van der Waals surface area contributed by atoms with Crippen LogP contribution < -0.4 is 14.4 Å². The van der Waals surface area contributed by atoms with Crippen molar-refractivity contribution in [1.82, 2.24) is 0 Å². The number of hydrogen-bond donors (Lipinski definition) is 1. The Balaban J connectivity index is 1.83. The molecule has 136 valence electrons. The first-order valence-corrected chi connectivity index (χ1v) is 8.37. The number of aliphatic hydroxyl groups is 1. The largest absolute Gasteiger partial charge is 0.497 e. The molecule has 6 heteroatoms. The lowest BCUT2D eigenvalue weighted by molar-refractivity contribution is -0.140. The molecule has 26 heavy (non-hydrogen) atoms.